The topological polar surface area (TPSA) is 41.8 Å². The Bertz CT molecular complexity index is 246. The fraction of sp³-hybridized carbons (Fsp3) is 0.769. The van der Waals surface area contributed by atoms with Crippen molar-refractivity contribution in [3.8, 4) is 0 Å². The van der Waals surface area contributed by atoms with Gasteiger partial charge in [-0.05, 0) is 37.7 Å². The molecule has 1 aliphatic carbocycles. The summed E-state index contributed by atoms with van der Waals surface area (Å²) in [5, 5.41) is 12.7. The van der Waals surface area contributed by atoms with Crippen LogP contribution in [0.1, 0.15) is 51.4 Å². The highest BCUT2D eigenvalue weighted by Crippen LogP contribution is 2.21. The first-order valence-electron chi connectivity index (χ1n) is 6.28. The first kappa shape index (κ1) is 13.2. The fourth-order valence-electron chi connectivity index (χ4n) is 2.08. The van der Waals surface area contributed by atoms with Crippen molar-refractivity contribution in [3.63, 3.8) is 0 Å². The number of aliphatic hydroxyl groups is 1. The highest BCUT2D eigenvalue weighted by molar-refractivity contribution is 6.01. The minimum absolute atomic E-state index is 0.329. The molecule has 1 aliphatic rings. The summed E-state index contributed by atoms with van der Waals surface area (Å²) in [4.78, 5) is 4.83. The Labute approximate surface area is 98.2 Å². The van der Waals surface area contributed by atoms with E-state index in [0.717, 1.165) is 37.8 Å². The zero-order valence-corrected chi connectivity index (χ0v) is 10.2. The molecule has 0 saturated carbocycles. The number of nitrogens with zero attached hydrogens (tertiary/aromatic N) is 1. The second-order valence-electron chi connectivity index (χ2n) is 4.23. The second kappa shape index (κ2) is 8.34. The summed E-state index contributed by atoms with van der Waals surface area (Å²) in [7, 11) is 1.61. The van der Waals surface area contributed by atoms with Gasteiger partial charge in [0.2, 0.25) is 0 Å². The molecule has 0 saturated heterocycles. The van der Waals surface area contributed by atoms with Crippen LogP contribution in [0.3, 0.4) is 0 Å². The summed E-state index contributed by atoms with van der Waals surface area (Å²) in [5.74, 6) is 0. The number of hydrogen-bond acceptors (Lipinski definition) is 3. The molecule has 1 rings (SSSR count). The van der Waals surface area contributed by atoms with Gasteiger partial charge in [0.05, 0.1) is 5.71 Å². The smallest absolute Gasteiger partial charge is 0.106 e. The van der Waals surface area contributed by atoms with E-state index in [1.807, 2.05) is 0 Å². The first-order chi connectivity index (χ1) is 7.88. The van der Waals surface area contributed by atoms with Crippen LogP contribution in [0.25, 0.3) is 0 Å². The Morgan fingerprint density at radius 2 is 2.00 bits per heavy atom. The van der Waals surface area contributed by atoms with Gasteiger partial charge in [0, 0.05) is 6.61 Å². The van der Waals surface area contributed by atoms with Crippen molar-refractivity contribution in [1.29, 1.82) is 0 Å². The maximum absolute atomic E-state index is 8.65. The van der Waals surface area contributed by atoms with Crippen LogP contribution in [0.15, 0.2) is 16.8 Å². The van der Waals surface area contributed by atoms with Crippen molar-refractivity contribution >= 4 is 5.71 Å². The van der Waals surface area contributed by atoms with Crippen LogP contribution in [0.2, 0.25) is 0 Å². The lowest BCUT2D eigenvalue weighted by atomic mass is 10.0. The molecular formula is C13H23NO2. The maximum Gasteiger partial charge on any atom is 0.106 e. The van der Waals surface area contributed by atoms with E-state index in [9.17, 15) is 0 Å². The minimum atomic E-state index is 0.329. The molecule has 0 fully saturated rings. The van der Waals surface area contributed by atoms with Crippen LogP contribution < -0.4 is 0 Å². The third-order valence-electron chi connectivity index (χ3n) is 2.95. The third kappa shape index (κ3) is 4.79. The van der Waals surface area contributed by atoms with Gasteiger partial charge in [-0.15, -0.1) is 0 Å². The lowest BCUT2D eigenvalue weighted by Gasteiger charge is -2.04. The number of aliphatic hydroxyl groups excluding tert-OH is 1. The molecule has 0 spiro atoms. The average Bonchev–Trinajstić information content (AvgIpc) is 2.72. The molecule has 92 valence electrons. The van der Waals surface area contributed by atoms with E-state index in [2.05, 4.69) is 11.2 Å². The zero-order chi connectivity index (χ0) is 11.6. The highest BCUT2D eigenvalue weighted by Gasteiger charge is 2.13. The van der Waals surface area contributed by atoms with Gasteiger partial charge in [0.15, 0.2) is 0 Å². The van der Waals surface area contributed by atoms with Crippen molar-refractivity contribution in [2.75, 3.05) is 13.7 Å². The third-order valence-corrected chi connectivity index (χ3v) is 2.95. The van der Waals surface area contributed by atoms with E-state index in [0.29, 0.717) is 6.61 Å². The standard InChI is InChI=1S/C13H23NO2/c1-16-14-13-10-7-9-12(13)8-5-3-2-4-6-11-15/h9,15H,2-8,10-11H2,1H3/b14-13-. The SMILES string of the molecule is CO/N=C1/CCC=C1CCCCCCCO. The largest absolute Gasteiger partial charge is 0.399 e. The van der Waals surface area contributed by atoms with Gasteiger partial charge in [-0.25, -0.2) is 0 Å². The van der Waals surface area contributed by atoms with Crippen LogP contribution in [-0.4, -0.2) is 24.5 Å². The van der Waals surface area contributed by atoms with Crippen LogP contribution in [0, 0.1) is 0 Å². The molecule has 0 amide bonds. The summed E-state index contributed by atoms with van der Waals surface area (Å²) in [5.41, 5.74) is 2.52. The summed E-state index contributed by atoms with van der Waals surface area (Å²) in [6.45, 7) is 0.329. The molecular weight excluding hydrogens is 202 g/mol. The quantitative estimate of drug-likeness (QED) is 0.509. The van der Waals surface area contributed by atoms with Gasteiger partial charge in [-0.1, -0.05) is 30.5 Å². The molecule has 0 heterocycles. The molecule has 0 aromatic rings. The number of allylic oxidation sites excluding steroid dienone is 2. The molecule has 3 nitrogen and oxygen atoms in total. The molecule has 0 aromatic carbocycles. The van der Waals surface area contributed by atoms with Crippen molar-refractivity contribution < 1.29 is 9.94 Å². The van der Waals surface area contributed by atoms with E-state index in [1.54, 1.807) is 7.11 Å². The van der Waals surface area contributed by atoms with Gasteiger partial charge in [-0.2, -0.15) is 0 Å². The van der Waals surface area contributed by atoms with Gasteiger partial charge >= 0.3 is 0 Å². The van der Waals surface area contributed by atoms with Crippen LogP contribution in [0.4, 0.5) is 0 Å². The second-order valence-corrected chi connectivity index (χ2v) is 4.23. The fourth-order valence-corrected chi connectivity index (χ4v) is 2.08. The molecule has 0 radical (unpaired) electrons. The number of unbranched alkanes of at least 4 members (excludes halogenated alkanes) is 4. The lowest BCUT2D eigenvalue weighted by Crippen LogP contribution is -1.98. The van der Waals surface area contributed by atoms with E-state index < -0.39 is 0 Å². The number of oxime groups is 1. The minimum Gasteiger partial charge on any atom is -0.399 e. The van der Waals surface area contributed by atoms with E-state index in [4.69, 9.17) is 9.94 Å². The van der Waals surface area contributed by atoms with Crippen molar-refractivity contribution in [2.45, 2.75) is 51.4 Å². The van der Waals surface area contributed by atoms with Crippen molar-refractivity contribution in [3.05, 3.63) is 11.6 Å². The molecule has 16 heavy (non-hydrogen) atoms. The summed E-state index contributed by atoms with van der Waals surface area (Å²) < 4.78 is 0. The monoisotopic (exact) mass is 225 g/mol. The normalized spacial score (nSPS) is 17.9. The molecule has 0 unspecified atom stereocenters. The maximum atomic E-state index is 8.65. The highest BCUT2D eigenvalue weighted by atomic mass is 16.6. The Hall–Kier alpha value is -0.830. The summed E-state index contributed by atoms with van der Waals surface area (Å²) >= 11 is 0. The Kier molecular flexibility index (Phi) is 6.90. The van der Waals surface area contributed by atoms with Gasteiger partial charge in [0.1, 0.15) is 7.11 Å². The number of rotatable bonds is 8. The molecule has 0 bridgehead atoms. The predicted molar refractivity (Wildman–Crippen MR) is 66.5 cm³/mol. The first-order valence-corrected chi connectivity index (χ1v) is 6.28. The molecule has 0 aromatic heterocycles. The summed E-state index contributed by atoms with van der Waals surface area (Å²) in [6, 6.07) is 0. The Morgan fingerprint density at radius 3 is 2.75 bits per heavy atom. The van der Waals surface area contributed by atoms with Crippen molar-refractivity contribution in [2.24, 2.45) is 5.16 Å². The van der Waals surface area contributed by atoms with Crippen molar-refractivity contribution in [1.82, 2.24) is 0 Å². The number of hydrogen-bond donors (Lipinski definition) is 1. The Morgan fingerprint density at radius 1 is 1.25 bits per heavy atom. The van der Waals surface area contributed by atoms with E-state index in [-0.39, 0.29) is 0 Å². The van der Waals surface area contributed by atoms with Crippen LogP contribution in [0.5, 0.6) is 0 Å². The van der Waals surface area contributed by atoms with Gasteiger partial charge in [0.25, 0.3) is 0 Å². The van der Waals surface area contributed by atoms with E-state index in [1.165, 1.54) is 24.8 Å². The summed E-state index contributed by atoms with van der Waals surface area (Å²) in [6.07, 6.45) is 11.3. The molecule has 3 heteroatoms. The average molecular weight is 225 g/mol. The molecule has 1 N–H and O–H groups in total. The lowest BCUT2D eigenvalue weighted by molar-refractivity contribution is 0.213. The molecule has 0 aliphatic heterocycles. The zero-order valence-electron chi connectivity index (χ0n) is 10.2. The van der Waals surface area contributed by atoms with Crippen LogP contribution >= 0.6 is 0 Å². The van der Waals surface area contributed by atoms with E-state index >= 15 is 0 Å². The van der Waals surface area contributed by atoms with Gasteiger partial charge in [-0.3, -0.25) is 0 Å². The predicted octanol–water partition coefficient (Wildman–Crippen LogP) is 3.04. The van der Waals surface area contributed by atoms with Gasteiger partial charge < -0.3 is 9.94 Å². The Balaban J connectivity index is 2.10. The molecule has 0 atom stereocenters. The van der Waals surface area contributed by atoms with Crippen LogP contribution in [-0.2, 0) is 4.84 Å².